The molecule has 3 aromatic heterocycles. The number of likely N-dealkylation sites (N-methyl/N-ethyl adjacent to an activating group) is 1. The van der Waals surface area contributed by atoms with E-state index in [1.54, 1.807) is 41.8 Å². The first-order valence-electron chi connectivity index (χ1n) is 9.22. The highest BCUT2D eigenvalue weighted by atomic mass is 32.1. The maximum Gasteiger partial charge on any atom is 0.246 e. The number of carbonyl (C=O) groups is 1. The van der Waals surface area contributed by atoms with Crippen LogP contribution in [0.1, 0.15) is 11.1 Å². The van der Waals surface area contributed by atoms with Gasteiger partial charge in [0.1, 0.15) is 5.69 Å². The van der Waals surface area contributed by atoms with Crippen LogP contribution >= 0.6 is 11.3 Å². The number of nitrogens with zero attached hydrogens (tertiary/aromatic N) is 4. The third-order valence-corrected chi connectivity index (χ3v) is 5.35. The van der Waals surface area contributed by atoms with Gasteiger partial charge >= 0.3 is 0 Å². The zero-order valence-electron chi connectivity index (χ0n) is 16.0. The third-order valence-electron chi connectivity index (χ3n) is 4.47. The van der Waals surface area contributed by atoms with Crippen LogP contribution in [0.2, 0.25) is 0 Å². The second kappa shape index (κ2) is 8.67. The highest BCUT2D eigenvalue weighted by molar-refractivity contribution is 7.13. The topological polar surface area (TPSA) is 51.0 Å². The minimum absolute atomic E-state index is 0.0635. The minimum Gasteiger partial charge on any atom is -0.338 e. The first-order valence-corrected chi connectivity index (χ1v) is 10.1. The number of amides is 1. The van der Waals surface area contributed by atoms with E-state index >= 15 is 0 Å². The number of benzene rings is 1. The van der Waals surface area contributed by atoms with Crippen LogP contribution in [0.3, 0.4) is 0 Å². The number of aromatic nitrogens is 3. The smallest absolute Gasteiger partial charge is 0.246 e. The van der Waals surface area contributed by atoms with Crippen molar-refractivity contribution in [2.75, 3.05) is 7.05 Å². The molecule has 0 unspecified atom stereocenters. The molecule has 0 saturated heterocycles. The maximum absolute atomic E-state index is 12.6. The van der Waals surface area contributed by atoms with Crippen molar-refractivity contribution in [1.82, 2.24) is 19.7 Å². The number of carbonyl (C=O) groups excluding carboxylic acids is 1. The van der Waals surface area contributed by atoms with Gasteiger partial charge in [-0.3, -0.25) is 9.78 Å². The Morgan fingerprint density at radius 3 is 2.62 bits per heavy atom. The Kier molecular flexibility index (Phi) is 5.63. The average molecular weight is 401 g/mol. The van der Waals surface area contributed by atoms with E-state index in [9.17, 15) is 4.79 Å². The van der Waals surface area contributed by atoms with Crippen molar-refractivity contribution in [2.45, 2.75) is 6.54 Å². The largest absolute Gasteiger partial charge is 0.338 e. The summed E-state index contributed by atoms with van der Waals surface area (Å²) in [5.74, 6) is -0.0635. The molecule has 29 heavy (non-hydrogen) atoms. The van der Waals surface area contributed by atoms with Crippen molar-refractivity contribution in [2.24, 2.45) is 0 Å². The summed E-state index contributed by atoms with van der Waals surface area (Å²) < 4.78 is 1.85. The van der Waals surface area contributed by atoms with Crippen LogP contribution in [-0.4, -0.2) is 32.6 Å². The summed E-state index contributed by atoms with van der Waals surface area (Å²) in [4.78, 5) is 19.3. The van der Waals surface area contributed by atoms with Crippen molar-refractivity contribution >= 4 is 23.3 Å². The molecule has 0 atom stereocenters. The molecule has 0 saturated carbocycles. The van der Waals surface area contributed by atoms with Gasteiger partial charge in [-0.1, -0.05) is 24.3 Å². The fraction of sp³-hybridized carbons (Fsp3) is 0.0870. The van der Waals surface area contributed by atoms with Crippen LogP contribution in [-0.2, 0) is 11.3 Å². The molecule has 3 heterocycles. The Balaban J connectivity index is 1.58. The van der Waals surface area contributed by atoms with Crippen molar-refractivity contribution in [3.8, 4) is 16.3 Å². The standard InChI is InChI=1S/C23H20N4OS/c1-26(16-18-11-13-24-14-12-18)22(28)10-9-19-17-27(20-6-3-2-4-7-20)25-23(19)21-8-5-15-29-21/h2-15,17H,16H2,1H3. The van der Waals surface area contributed by atoms with Crippen molar-refractivity contribution in [1.29, 1.82) is 0 Å². The molecule has 0 radical (unpaired) electrons. The summed E-state index contributed by atoms with van der Waals surface area (Å²) in [5.41, 5.74) is 3.79. The number of thiophene rings is 1. The number of para-hydroxylation sites is 1. The second-order valence-corrected chi connectivity index (χ2v) is 7.52. The van der Waals surface area contributed by atoms with E-state index in [0.717, 1.165) is 27.4 Å². The lowest BCUT2D eigenvalue weighted by Crippen LogP contribution is -2.24. The van der Waals surface area contributed by atoms with E-state index in [-0.39, 0.29) is 5.91 Å². The van der Waals surface area contributed by atoms with Crippen LogP contribution < -0.4 is 0 Å². The normalized spacial score (nSPS) is 11.1. The molecule has 0 fully saturated rings. The van der Waals surface area contributed by atoms with Crippen molar-refractivity contribution < 1.29 is 4.79 Å². The van der Waals surface area contributed by atoms with Crippen molar-refractivity contribution in [3.05, 3.63) is 95.8 Å². The van der Waals surface area contributed by atoms with Crippen molar-refractivity contribution in [3.63, 3.8) is 0 Å². The van der Waals surface area contributed by atoms with Crippen LogP contribution in [0.5, 0.6) is 0 Å². The zero-order valence-corrected chi connectivity index (χ0v) is 16.8. The molecule has 0 aliphatic carbocycles. The monoisotopic (exact) mass is 400 g/mol. The predicted octanol–water partition coefficient (Wildman–Crippen LogP) is 4.67. The first kappa shape index (κ1) is 18.8. The highest BCUT2D eigenvalue weighted by Crippen LogP contribution is 2.28. The number of hydrogen-bond donors (Lipinski definition) is 0. The fourth-order valence-electron chi connectivity index (χ4n) is 2.96. The van der Waals surface area contributed by atoms with E-state index in [1.165, 1.54) is 0 Å². The van der Waals surface area contributed by atoms with E-state index in [2.05, 4.69) is 4.98 Å². The Labute approximate surface area is 173 Å². The van der Waals surface area contributed by atoms with Gasteiger partial charge in [0.25, 0.3) is 0 Å². The molecule has 6 heteroatoms. The van der Waals surface area contributed by atoms with Crippen LogP contribution in [0, 0.1) is 0 Å². The molecule has 0 spiro atoms. The van der Waals surface area contributed by atoms with E-state index in [4.69, 9.17) is 5.10 Å². The number of hydrogen-bond acceptors (Lipinski definition) is 4. The molecule has 0 aliphatic heterocycles. The first-order chi connectivity index (χ1) is 14.2. The summed E-state index contributed by atoms with van der Waals surface area (Å²) in [7, 11) is 1.79. The lowest BCUT2D eigenvalue weighted by molar-refractivity contribution is -0.125. The van der Waals surface area contributed by atoms with Crippen LogP contribution in [0.25, 0.3) is 22.3 Å². The molecule has 0 aliphatic rings. The lowest BCUT2D eigenvalue weighted by atomic mass is 10.2. The van der Waals surface area contributed by atoms with Gasteiger partial charge in [0.2, 0.25) is 5.91 Å². The number of rotatable bonds is 6. The maximum atomic E-state index is 12.6. The minimum atomic E-state index is -0.0635. The lowest BCUT2D eigenvalue weighted by Gasteiger charge is -2.14. The fourth-order valence-corrected chi connectivity index (χ4v) is 3.69. The molecule has 144 valence electrons. The molecule has 4 aromatic rings. The highest BCUT2D eigenvalue weighted by Gasteiger charge is 2.12. The van der Waals surface area contributed by atoms with Crippen LogP contribution in [0.15, 0.2) is 84.6 Å². The van der Waals surface area contributed by atoms with Gasteiger partial charge in [-0.25, -0.2) is 4.68 Å². The Morgan fingerprint density at radius 2 is 1.90 bits per heavy atom. The van der Waals surface area contributed by atoms with Gasteiger partial charge in [0.15, 0.2) is 0 Å². The SMILES string of the molecule is CN(Cc1ccncc1)C(=O)C=Cc1cn(-c2ccccc2)nc1-c1cccs1. The van der Waals surface area contributed by atoms with E-state index in [1.807, 2.05) is 76.9 Å². The summed E-state index contributed by atoms with van der Waals surface area (Å²) in [6.45, 7) is 0.534. The Hall–Kier alpha value is -3.51. The molecule has 5 nitrogen and oxygen atoms in total. The second-order valence-electron chi connectivity index (χ2n) is 6.57. The Bertz CT molecular complexity index is 1100. The van der Waals surface area contributed by atoms with E-state index < -0.39 is 0 Å². The molecular formula is C23H20N4OS. The molecule has 0 N–H and O–H groups in total. The summed E-state index contributed by atoms with van der Waals surface area (Å²) in [6, 6.07) is 17.8. The van der Waals surface area contributed by atoms with Gasteiger partial charge in [-0.15, -0.1) is 11.3 Å². The molecule has 1 aromatic carbocycles. The molecular weight excluding hydrogens is 380 g/mol. The summed E-state index contributed by atoms with van der Waals surface area (Å²) in [5, 5.41) is 6.78. The van der Waals surface area contributed by atoms with Gasteiger partial charge in [-0.2, -0.15) is 5.10 Å². The quantitative estimate of drug-likeness (QED) is 0.442. The van der Waals surface area contributed by atoms with Gasteiger partial charge < -0.3 is 4.90 Å². The number of pyridine rings is 1. The predicted molar refractivity (Wildman–Crippen MR) is 117 cm³/mol. The van der Waals surface area contributed by atoms with Gasteiger partial charge in [0.05, 0.1) is 10.6 Å². The van der Waals surface area contributed by atoms with Gasteiger partial charge in [-0.05, 0) is 47.4 Å². The Morgan fingerprint density at radius 1 is 1.10 bits per heavy atom. The molecule has 4 rings (SSSR count). The van der Waals surface area contributed by atoms with Gasteiger partial charge in [0, 0.05) is 43.8 Å². The molecule has 0 bridgehead atoms. The third kappa shape index (κ3) is 4.50. The molecule has 1 amide bonds. The zero-order chi connectivity index (χ0) is 20.1. The average Bonchev–Trinajstić information content (AvgIpc) is 3.43. The summed E-state index contributed by atoms with van der Waals surface area (Å²) >= 11 is 1.63. The van der Waals surface area contributed by atoms with Crippen LogP contribution in [0.4, 0.5) is 0 Å². The van der Waals surface area contributed by atoms with E-state index in [0.29, 0.717) is 6.54 Å². The summed E-state index contributed by atoms with van der Waals surface area (Å²) in [6.07, 6.45) is 8.86.